The largest absolute Gasteiger partial charge is 0.496 e. The highest BCUT2D eigenvalue weighted by atomic mass is 19.1. The second kappa shape index (κ2) is 8.20. The molecule has 2 heterocycles. The number of nitrogens with zero attached hydrogens (tertiary/aromatic N) is 2. The molecule has 11 heteroatoms. The van der Waals surface area contributed by atoms with Gasteiger partial charge in [-0.2, -0.15) is 5.10 Å². The summed E-state index contributed by atoms with van der Waals surface area (Å²) in [5.41, 5.74) is 0.767. The van der Waals surface area contributed by atoms with Gasteiger partial charge in [-0.1, -0.05) is 6.07 Å². The van der Waals surface area contributed by atoms with E-state index in [9.17, 15) is 14.0 Å². The van der Waals surface area contributed by atoms with Gasteiger partial charge < -0.3 is 14.8 Å². The Labute approximate surface area is 158 Å². The molecular formula is C17H17FN6O4. The number of aromatic nitrogens is 3. The highest BCUT2D eigenvalue weighted by molar-refractivity contribution is 5.98. The number of H-pyrrole nitrogens is 1. The lowest BCUT2D eigenvalue weighted by atomic mass is 10.2. The van der Waals surface area contributed by atoms with Crippen molar-refractivity contribution < 1.29 is 23.5 Å². The third kappa shape index (κ3) is 4.09. The van der Waals surface area contributed by atoms with Crippen LogP contribution >= 0.6 is 0 Å². The minimum Gasteiger partial charge on any atom is -0.496 e. The van der Waals surface area contributed by atoms with Crippen LogP contribution in [0.3, 0.4) is 0 Å². The molecule has 4 N–H and O–H groups in total. The maximum Gasteiger partial charge on any atom is 0.412 e. The number of benzene rings is 1. The molecule has 3 aromatic rings. The second-order valence-corrected chi connectivity index (χ2v) is 5.53. The van der Waals surface area contributed by atoms with Crippen LogP contribution < -0.4 is 20.7 Å². The molecule has 3 rings (SSSR count). The molecule has 0 fully saturated rings. The Hall–Kier alpha value is -3.89. The zero-order valence-corrected chi connectivity index (χ0v) is 15.0. The molecule has 0 unspecified atom stereocenters. The van der Waals surface area contributed by atoms with Gasteiger partial charge in [0.2, 0.25) is 0 Å². The maximum atomic E-state index is 13.9. The lowest BCUT2D eigenvalue weighted by Gasteiger charge is -2.11. The Morgan fingerprint density at radius 1 is 1.25 bits per heavy atom. The molecule has 2 aromatic heterocycles. The van der Waals surface area contributed by atoms with E-state index in [0.717, 1.165) is 0 Å². The van der Waals surface area contributed by atoms with Crippen LogP contribution in [0.15, 0.2) is 30.5 Å². The number of hydrogen-bond donors (Lipinski definition) is 4. The summed E-state index contributed by atoms with van der Waals surface area (Å²) >= 11 is 0. The fourth-order valence-electron chi connectivity index (χ4n) is 2.46. The number of carbonyl (C=O) groups excluding carboxylic acids is 2. The van der Waals surface area contributed by atoms with Crippen LogP contribution in [0.4, 0.5) is 25.6 Å². The monoisotopic (exact) mass is 388 g/mol. The number of methoxy groups -OCH3 is 2. The van der Waals surface area contributed by atoms with Crippen LogP contribution in [0, 0.1) is 5.82 Å². The van der Waals surface area contributed by atoms with Crippen LogP contribution in [0.2, 0.25) is 0 Å². The Balaban J connectivity index is 1.66. The quantitative estimate of drug-likeness (QED) is 0.531. The number of hydrogen-bond acceptors (Lipinski definition) is 6. The molecule has 1 aromatic carbocycles. The van der Waals surface area contributed by atoms with Crippen molar-refractivity contribution in [2.75, 3.05) is 24.9 Å². The SMILES string of the molecule is COC(=O)Nc1n[nH]c2cc(NC(=O)NCc3c(F)cccc3OC)ncc12. The lowest BCUT2D eigenvalue weighted by Crippen LogP contribution is -2.29. The first-order valence-corrected chi connectivity index (χ1v) is 8.07. The molecule has 3 amide bonds. The fraction of sp³-hybridized carbons (Fsp3) is 0.176. The molecule has 10 nitrogen and oxygen atoms in total. The number of carbonyl (C=O) groups is 2. The Bertz CT molecular complexity index is 1020. The predicted octanol–water partition coefficient (Wildman–Crippen LogP) is 2.61. The van der Waals surface area contributed by atoms with Gasteiger partial charge in [0.15, 0.2) is 5.82 Å². The summed E-state index contributed by atoms with van der Waals surface area (Å²) in [4.78, 5) is 27.5. The van der Waals surface area contributed by atoms with Gasteiger partial charge in [-0.3, -0.25) is 15.7 Å². The van der Waals surface area contributed by atoms with Gasteiger partial charge in [0, 0.05) is 17.8 Å². The summed E-state index contributed by atoms with van der Waals surface area (Å²) < 4.78 is 23.5. The van der Waals surface area contributed by atoms with Crippen molar-refractivity contribution in [3.05, 3.63) is 41.8 Å². The average molecular weight is 388 g/mol. The van der Waals surface area contributed by atoms with Crippen LogP contribution in [0.1, 0.15) is 5.56 Å². The number of rotatable bonds is 5. The van der Waals surface area contributed by atoms with Crippen molar-refractivity contribution in [3.8, 4) is 5.75 Å². The number of aromatic amines is 1. The van der Waals surface area contributed by atoms with E-state index in [1.807, 2.05) is 0 Å². The number of halogens is 1. The van der Waals surface area contributed by atoms with Gasteiger partial charge >= 0.3 is 12.1 Å². The first-order chi connectivity index (χ1) is 13.5. The van der Waals surface area contributed by atoms with Crippen molar-refractivity contribution in [3.63, 3.8) is 0 Å². The fourth-order valence-corrected chi connectivity index (χ4v) is 2.46. The lowest BCUT2D eigenvalue weighted by molar-refractivity contribution is 0.187. The van der Waals surface area contributed by atoms with E-state index < -0.39 is 17.9 Å². The van der Waals surface area contributed by atoms with E-state index in [1.165, 1.54) is 38.6 Å². The van der Waals surface area contributed by atoms with Crippen molar-refractivity contribution in [2.45, 2.75) is 6.54 Å². The third-order valence-electron chi connectivity index (χ3n) is 3.82. The highest BCUT2D eigenvalue weighted by Gasteiger charge is 2.13. The summed E-state index contributed by atoms with van der Waals surface area (Å²) in [6, 6.07) is 5.36. The minimum atomic E-state index is -0.668. The molecule has 0 bridgehead atoms. The van der Waals surface area contributed by atoms with E-state index >= 15 is 0 Å². The molecule has 0 saturated heterocycles. The van der Waals surface area contributed by atoms with E-state index in [1.54, 1.807) is 6.07 Å². The van der Waals surface area contributed by atoms with Gasteiger partial charge in [0.1, 0.15) is 17.4 Å². The van der Waals surface area contributed by atoms with Gasteiger partial charge in [-0.25, -0.2) is 19.0 Å². The minimum absolute atomic E-state index is 0.0683. The highest BCUT2D eigenvalue weighted by Crippen LogP contribution is 2.22. The maximum absolute atomic E-state index is 13.9. The summed E-state index contributed by atoms with van der Waals surface area (Å²) in [7, 11) is 2.66. The number of fused-ring (bicyclic) bond motifs is 1. The Morgan fingerprint density at radius 3 is 2.82 bits per heavy atom. The summed E-state index contributed by atoms with van der Waals surface area (Å²) in [6.45, 7) is -0.0683. The molecule has 0 radical (unpaired) electrons. The molecule has 146 valence electrons. The standard InChI is InChI=1S/C17H17FN6O4/c1-27-13-5-3-4-11(18)9(13)7-20-16(25)21-14-6-12-10(8-19-14)15(24-23-12)22-17(26)28-2/h3-6,8H,7H2,1-2H3,(H2,19,20,21,25)(H2,22,23,24,26). The summed E-state index contributed by atoms with van der Waals surface area (Å²) in [5, 5.41) is 14.7. The number of amides is 3. The van der Waals surface area contributed by atoms with Crippen molar-refractivity contribution >= 4 is 34.7 Å². The molecular weight excluding hydrogens is 371 g/mol. The molecule has 0 atom stereocenters. The van der Waals surface area contributed by atoms with Gasteiger partial charge in [-0.05, 0) is 12.1 Å². The zero-order valence-electron chi connectivity index (χ0n) is 15.0. The van der Waals surface area contributed by atoms with Crippen LogP contribution in [-0.2, 0) is 11.3 Å². The number of pyridine rings is 1. The van der Waals surface area contributed by atoms with E-state index in [4.69, 9.17) is 4.74 Å². The number of urea groups is 1. The summed E-state index contributed by atoms with van der Waals surface area (Å²) in [6.07, 6.45) is 0.762. The van der Waals surface area contributed by atoms with E-state index in [-0.39, 0.29) is 23.7 Å². The number of nitrogens with one attached hydrogen (secondary N) is 4. The molecule has 0 aliphatic rings. The van der Waals surface area contributed by atoms with Crippen LogP contribution in [0.25, 0.3) is 10.9 Å². The van der Waals surface area contributed by atoms with Gasteiger partial charge in [-0.15, -0.1) is 0 Å². The third-order valence-corrected chi connectivity index (χ3v) is 3.82. The second-order valence-electron chi connectivity index (χ2n) is 5.53. The first kappa shape index (κ1) is 18.9. The van der Waals surface area contributed by atoms with Crippen molar-refractivity contribution in [2.24, 2.45) is 0 Å². The number of ether oxygens (including phenoxy) is 2. The van der Waals surface area contributed by atoms with Crippen molar-refractivity contribution in [1.29, 1.82) is 0 Å². The normalized spacial score (nSPS) is 10.4. The molecule has 0 aliphatic carbocycles. The zero-order chi connectivity index (χ0) is 20.1. The van der Waals surface area contributed by atoms with Crippen LogP contribution in [-0.4, -0.2) is 41.5 Å². The molecule has 0 spiro atoms. The molecule has 0 aliphatic heterocycles. The first-order valence-electron chi connectivity index (χ1n) is 8.07. The smallest absolute Gasteiger partial charge is 0.412 e. The Kier molecular flexibility index (Phi) is 5.53. The summed E-state index contributed by atoms with van der Waals surface area (Å²) in [5.74, 6) is 0.334. The molecule has 28 heavy (non-hydrogen) atoms. The van der Waals surface area contributed by atoms with Gasteiger partial charge in [0.05, 0.1) is 31.7 Å². The average Bonchev–Trinajstić information content (AvgIpc) is 3.08. The van der Waals surface area contributed by atoms with Crippen LogP contribution in [0.5, 0.6) is 5.75 Å². The number of anilines is 2. The van der Waals surface area contributed by atoms with Gasteiger partial charge in [0.25, 0.3) is 0 Å². The topological polar surface area (TPSA) is 130 Å². The van der Waals surface area contributed by atoms with Crippen molar-refractivity contribution in [1.82, 2.24) is 20.5 Å². The Morgan fingerprint density at radius 2 is 2.07 bits per heavy atom. The van der Waals surface area contributed by atoms with E-state index in [2.05, 4.69) is 35.9 Å². The van der Waals surface area contributed by atoms with E-state index in [0.29, 0.717) is 16.7 Å². The predicted molar refractivity (Wildman–Crippen MR) is 98.7 cm³/mol. The molecule has 0 saturated carbocycles.